The van der Waals surface area contributed by atoms with E-state index in [1.807, 2.05) is 0 Å². The van der Waals surface area contributed by atoms with E-state index in [0.717, 1.165) is 0 Å². The summed E-state index contributed by atoms with van der Waals surface area (Å²) in [6.45, 7) is 0. The maximum absolute atomic E-state index is 13.1. The maximum Gasteiger partial charge on any atom is 0.136 e. The average Bonchev–Trinajstić information content (AvgIpc) is 2.17. The lowest BCUT2D eigenvalue weighted by Crippen LogP contribution is -2.40. The van der Waals surface area contributed by atoms with Gasteiger partial charge in [0, 0.05) is 17.3 Å². The van der Waals surface area contributed by atoms with Crippen LogP contribution in [0, 0.1) is 17.1 Å². The maximum atomic E-state index is 13.1. The lowest BCUT2D eigenvalue weighted by atomic mass is 9.65. The van der Waals surface area contributed by atoms with Gasteiger partial charge in [-0.05, 0) is 23.8 Å². The van der Waals surface area contributed by atoms with Gasteiger partial charge in [-0.25, -0.2) is 4.39 Å². The molecular formula is C11H7BrFNO. The summed E-state index contributed by atoms with van der Waals surface area (Å²) < 4.78 is 13.7. The molecular weight excluding hydrogens is 261 g/mol. The molecule has 0 aromatic heterocycles. The number of Topliss-reactive ketones (excluding diaryl/α,β-unsaturated/α-hetero) is 1. The SMILES string of the molecule is N#CC1(c2cc(F)ccc2Br)CC(=O)C1. The van der Waals surface area contributed by atoms with Crippen LogP contribution < -0.4 is 0 Å². The van der Waals surface area contributed by atoms with Gasteiger partial charge < -0.3 is 0 Å². The summed E-state index contributed by atoms with van der Waals surface area (Å²) >= 11 is 3.27. The highest BCUT2D eigenvalue weighted by Gasteiger charge is 2.46. The minimum absolute atomic E-state index is 0.0488. The summed E-state index contributed by atoms with van der Waals surface area (Å²) in [6.07, 6.45) is 0.372. The average molecular weight is 268 g/mol. The van der Waals surface area contributed by atoms with Crippen LogP contribution in [0.4, 0.5) is 4.39 Å². The van der Waals surface area contributed by atoms with Gasteiger partial charge in [0.2, 0.25) is 0 Å². The summed E-state index contributed by atoms with van der Waals surface area (Å²) in [7, 11) is 0. The lowest BCUT2D eigenvalue weighted by Gasteiger charge is -2.34. The normalized spacial score (nSPS) is 18.1. The summed E-state index contributed by atoms with van der Waals surface area (Å²) in [6, 6.07) is 6.31. The summed E-state index contributed by atoms with van der Waals surface area (Å²) in [5, 5.41) is 9.08. The Morgan fingerprint density at radius 2 is 2.13 bits per heavy atom. The van der Waals surface area contributed by atoms with Crippen molar-refractivity contribution in [2.24, 2.45) is 0 Å². The van der Waals surface area contributed by atoms with Crippen molar-refractivity contribution in [3.63, 3.8) is 0 Å². The van der Waals surface area contributed by atoms with Gasteiger partial charge in [-0.2, -0.15) is 5.26 Å². The van der Waals surface area contributed by atoms with Crippen molar-refractivity contribution in [3.05, 3.63) is 34.1 Å². The molecule has 0 N–H and O–H groups in total. The number of nitrogens with zero attached hydrogens (tertiary/aromatic N) is 1. The highest BCUT2D eigenvalue weighted by atomic mass is 79.9. The molecule has 0 amide bonds. The van der Waals surface area contributed by atoms with Crippen molar-refractivity contribution in [2.45, 2.75) is 18.3 Å². The molecule has 2 rings (SSSR count). The first-order valence-electron chi connectivity index (χ1n) is 4.46. The van der Waals surface area contributed by atoms with E-state index >= 15 is 0 Å². The third-order valence-electron chi connectivity index (χ3n) is 2.66. The van der Waals surface area contributed by atoms with Gasteiger partial charge in [-0.15, -0.1) is 0 Å². The van der Waals surface area contributed by atoms with E-state index in [-0.39, 0.29) is 24.4 Å². The molecule has 0 spiro atoms. The predicted molar refractivity (Wildman–Crippen MR) is 55.6 cm³/mol. The number of benzene rings is 1. The first-order chi connectivity index (χ1) is 7.07. The Morgan fingerprint density at radius 1 is 1.47 bits per heavy atom. The first-order valence-corrected chi connectivity index (χ1v) is 5.25. The second-order valence-electron chi connectivity index (χ2n) is 3.71. The monoisotopic (exact) mass is 267 g/mol. The number of ketones is 1. The molecule has 0 atom stereocenters. The van der Waals surface area contributed by atoms with Crippen LogP contribution in [0.2, 0.25) is 0 Å². The highest BCUT2D eigenvalue weighted by Crippen LogP contribution is 2.43. The van der Waals surface area contributed by atoms with Crippen LogP contribution in [0.5, 0.6) is 0 Å². The number of carbonyl (C=O) groups is 1. The van der Waals surface area contributed by atoms with Crippen molar-refractivity contribution < 1.29 is 9.18 Å². The Bertz CT molecular complexity index is 470. The van der Waals surface area contributed by atoms with E-state index in [1.54, 1.807) is 6.07 Å². The summed E-state index contributed by atoms with van der Waals surface area (Å²) in [5.41, 5.74) is -0.248. The van der Waals surface area contributed by atoms with Gasteiger partial charge in [-0.3, -0.25) is 4.79 Å². The molecule has 2 nitrogen and oxygen atoms in total. The molecule has 1 aromatic carbocycles. The Morgan fingerprint density at radius 3 is 2.67 bits per heavy atom. The molecule has 0 radical (unpaired) electrons. The number of halogens is 2. The van der Waals surface area contributed by atoms with Crippen molar-refractivity contribution in [1.29, 1.82) is 5.26 Å². The molecule has 4 heteroatoms. The van der Waals surface area contributed by atoms with Gasteiger partial charge in [-0.1, -0.05) is 15.9 Å². The zero-order chi connectivity index (χ0) is 11.1. The van der Waals surface area contributed by atoms with E-state index in [4.69, 9.17) is 5.26 Å². The molecule has 1 saturated carbocycles. The van der Waals surface area contributed by atoms with E-state index in [2.05, 4.69) is 22.0 Å². The summed E-state index contributed by atoms with van der Waals surface area (Å²) in [5.74, 6) is -0.338. The van der Waals surface area contributed by atoms with Crippen LogP contribution in [-0.2, 0) is 10.2 Å². The molecule has 0 heterocycles. The van der Waals surface area contributed by atoms with Gasteiger partial charge in [0.15, 0.2) is 0 Å². The summed E-state index contributed by atoms with van der Waals surface area (Å²) in [4.78, 5) is 11.0. The number of nitriles is 1. The smallest absolute Gasteiger partial charge is 0.136 e. The van der Waals surface area contributed by atoms with Crippen LogP contribution in [0.25, 0.3) is 0 Å². The minimum atomic E-state index is -0.821. The Labute approximate surface area is 94.8 Å². The van der Waals surface area contributed by atoms with Crippen molar-refractivity contribution in [2.75, 3.05) is 0 Å². The number of rotatable bonds is 1. The molecule has 1 aromatic rings. The molecule has 0 aliphatic heterocycles. The zero-order valence-corrected chi connectivity index (χ0v) is 9.34. The molecule has 15 heavy (non-hydrogen) atoms. The number of carbonyl (C=O) groups excluding carboxylic acids is 1. The van der Waals surface area contributed by atoms with Gasteiger partial charge in [0.05, 0.1) is 11.5 Å². The predicted octanol–water partition coefficient (Wildman–Crippen LogP) is 2.71. The third-order valence-corrected chi connectivity index (χ3v) is 3.35. The third kappa shape index (κ3) is 1.57. The van der Waals surface area contributed by atoms with Crippen molar-refractivity contribution in [1.82, 2.24) is 0 Å². The van der Waals surface area contributed by atoms with Crippen LogP contribution in [-0.4, -0.2) is 5.78 Å². The lowest BCUT2D eigenvalue weighted by molar-refractivity contribution is -0.126. The Hall–Kier alpha value is -1.21. The van der Waals surface area contributed by atoms with Gasteiger partial charge >= 0.3 is 0 Å². The second-order valence-corrected chi connectivity index (χ2v) is 4.56. The molecule has 76 valence electrons. The first kappa shape index (κ1) is 10.3. The zero-order valence-electron chi connectivity index (χ0n) is 7.76. The van der Waals surface area contributed by atoms with Crippen molar-refractivity contribution in [3.8, 4) is 6.07 Å². The van der Waals surface area contributed by atoms with E-state index in [1.165, 1.54) is 12.1 Å². The number of hydrogen-bond acceptors (Lipinski definition) is 2. The molecule has 1 aliphatic carbocycles. The molecule has 1 fully saturated rings. The largest absolute Gasteiger partial charge is 0.300 e. The topological polar surface area (TPSA) is 40.9 Å². The van der Waals surface area contributed by atoms with Crippen LogP contribution in [0.15, 0.2) is 22.7 Å². The quantitative estimate of drug-likeness (QED) is 0.785. The van der Waals surface area contributed by atoms with E-state index in [9.17, 15) is 9.18 Å². The Kier molecular flexibility index (Phi) is 2.35. The number of hydrogen-bond donors (Lipinski definition) is 0. The fourth-order valence-electron chi connectivity index (χ4n) is 1.82. The fraction of sp³-hybridized carbons (Fsp3) is 0.273. The standard InChI is InChI=1S/C11H7BrFNO/c12-10-2-1-7(13)3-9(10)11(6-14)4-8(15)5-11/h1-3H,4-5H2. The van der Waals surface area contributed by atoms with Gasteiger partial charge in [0.1, 0.15) is 11.6 Å². The van der Waals surface area contributed by atoms with E-state index in [0.29, 0.717) is 10.0 Å². The van der Waals surface area contributed by atoms with Gasteiger partial charge in [0.25, 0.3) is 0 Å². The minimum Gasteiger partial charge on any atom is -0.300 e. The Balaban J connectivity index is 2.49. The fourth-order valence-corrected chi connectivity index (χ4v) is 2.44. The van der Waals surface area contributed by atoms with Crippen molar-refractivity contribution >= 4 is 21.7 Å². The molecule has 0 bridgehead atoms. The molecule has 1 aliphatic rings. The highest BCUT2D eigenvalue weighted by molar-refractivity contribution is 9.10. The second kappa shape index (κ2) is 3.42. The van der Waals surface area contributed by atoms with Crippen LogP contribution in [0.3, 0.4) is 0 Å². The van der Waals surface area contributed by atoms with Crippen LogP contribution >= 0.6 is 15.9 Å². The molecule has 0 unspecified atom stereocenters. The van der Waals surface area contributed by atoms with Crippen LogP contribution in [0.1, 0.15) is 18.4 Å². The van der Waals surface area contributed by atoms with E-state index < -0.39 is 5.41 Å². The molecule has 0 saturated heterocycles.